The predicted octanol–water partition coefficient (Wildman–Crippen LogP) is 3.26. The molecule has 4 nitrogen and oxygen atoms in total. The van der Waals surface area contributed by atoms with Crippen LogP contribution in [-0.4, -0.2) is 15.6 Å². The van der Waals surface area contributed by atoms with E-state index in [9.17, 15) is 0 Å². The van der Waals surface area contributed by atoms with E-state index in [1.807, 2.05) is 29.9 Å². The van der Waals surface area contributed by atoms with Crippen molar-refractivity contribution in [3.8, 4) is 5.75 Å². The van der Waals surface area contributed by atoms with E-state index < -0.39 is 0 Å². The molecule has 0 atom stereocenters. The van der Waals surface area contributed by atoms with Crippen LogP contribution in [0.3, 0.4) is 0 Å². The first-order chi connectivity index (χ1) is 9.58. The summed E-state index contributed by atoms with van der Waals surface area (Å²) in [7, 11) is 1.97. The predicted molar refractivity (Wildman–Crippen MR) is 83.7 cm³/mol. The number of aryl methyl sites for hydroxylation is 1. The molecule has 2 aromatic rings. The van der Waals surface area contributed by atoms with Crippen LogP contribution in [0, 0.1) is 0 Å². The van der Waals surface area contributed by atoms with Gasteiger partial charge in [0.25, 0.3) is 0 Å². The average molecular weight is 338 g/mol. The molecule has 0 bridgehead atoms. The number of aromatic nitrogens is 2. The Morgan fingerprint density at radius 3 is 2.85 bits per heavy atom. The molecule has 5 heteroatoms. The van der Waals surface area contributed by atoms with Gasteiger partial charge in [-0.25, -0.2) is 4.98 Å². The van der Waals surface area contributed by atoms with Crippen LogP contribution < -0.4 is 10.1 Å². The van der Waals surface area contributed by atoms with E-state index >= 15 is 0 Å². The Morgan fingerprint density at radius 1 is 1.40 bits per heavy atom. The lowest BCUT2D eigenvalue weighted by molar-refractivity contribution is 0.291. The second-order valence-electron chi connectivity index (χ2n) is 5.05. The van der Waals surface area contributed by atoms with Crippen molar-refractivity contribution in [3.05, 3.63) is 46.5 Å². The van der Waals surface area contributed by atoms with Crippen molar-refractivity contribution in [2.45, 2.75) is 33.0 Å². The molecule has 0 aliphatic rings. The van der Waals surface area contributed by atoms with Gasteiger partial charge in [-0.1, -0.05) is 26.0 Å². The van der Waals surface area contributed by atoms with Crippen LogP contribution in [0.2, 0.25) is 0 Å². The highest BCUT2D eigenvalue weighted by atomic mass is 79.9. The fourth-order valence-electron chi connectivity index (χ4n) is 1.84. The van der Waals surface area contributed by atoms with Gasteiger partial charge in [-0.3, -0.25) is 0 Å². The van der Waals surface area contributed by atoms with Gasteiger partial charge in [-0.15, -0.1) is 0 Å². The number of nitrogens with zero attached hydrogens (tertiary/aromatic N) is 2. The van der Waals surface area contributed by atoms with Crippen LogP contribution in [0.1, 0.15) is 25.1 Å². The molecule has 1 heterocycles. The van der Waals surface area contributed by atoms with Crippen LogP contribution in [-0.2, 0) is 20.2 Å². The molecule has 0 unspecified atom stereocenters. The molecule has 1 aromatic carbocycles. The fourth-order valence-corrected chi connectivity index (χ4v) is 2.36. The zero-order chi connectivity index (χ0) is 14.5. The van der Waals surface area contributed by atoms with Crippen LogP contribution in [0.15, 0.2) is 35.2 Å². The molecule has 0 fully saturated rings. The van der Waals surface area contributed by atoms with Crippen LogP contribution in [0.25, 0.3) is 0 Å². The number of hydrogen-bond acceptors (Lipinski definition) is 3. The summed E-state index contributed by atoms with van der Waals surface area (Å²) in [6.45, 7) is 5.56. The summed E-state index contributed by atoms with van der Waals surface area (Å²) in [4.78, 5) is 4.10. The van der Waals surface area contributed by atoms with E-state index in [1.165, 1.54) is 0 Å². The van der Waals surface area contributed by atoms with Crippen molar-refractivity contribution in [2.24, 2.45) is 7.05 Å². The lowest BCUT2D eigenvalue weighted by atomic mass is 10.2. The smallest absolute Gasteiger partial charge is 0.138 e. The first-order valence-corrected chi connectivity index (χ1v) is 7.46. The molecule has 0 aliphatic carbocycles. The average Bonchev–Trinajstić information content (AvgIpc) is 2.81. The zero-order valence-electron chi connectivity index (χ0n) is 12.1. The third kappa shape index (κ3) is 3.84. The highest BCUT2D eigenvalue weighted by Gasteiger charge is 2.09. The third-order valence-corrected chi connectivity index (χ3v) is 3.65. The van der Waals surface area contributed by atoms with Gasteiger partial charge >= 0.3 is 0 Å². The standard InChI is InChI=1S/C15H20BrN3O/c1-11(2)18-7-12-5-4-6-14(16)15(12)20-9-13-8-17-10-19(13)3/h4-6,8,10-11,18H,7,9H2,1-3H3. The summed E-state index contributed by atoms with van der Waals surface area (Å²) in [6.07, 6.45) is 3.60. The van der Waals surface area contributed by atoms with Crippen molar-refractivity contribution >= 4 is 15.9 Å². The number of rotatable bonds is 6. The van der Waals surface area contributed by atoms with Crippen molar-refractivity contribution in [3.63, 3.8) is 0 Å². The first kappa shape index (κ1) is 15.1. The monoisotopic (exact) mass is 337 g/mol. The van der Waals surface area contributed by atoms with Gasteiger partial charge in [0, 0.05) is 25.2 Å². The molecule has 0 radical (unpaired) electrons. The molecule has 0 aliphatic heterocycles. The minimum absolute atomic E-state index is 0.443. The summed E-state index contributed by atoms with van der Waals surface area (Å²) in [5, 5.41) is 3.42. The normalized spacial score (nSPS) is 11.1. The molecule has 0 spiro atoms. The summed E-state index contributed by atoms with van der Waals surface area (Å²) >= 11 is 3.56. The zero-order valence-corrected chi connectivity index (χ0v) is 13.6. The van der Waals surface area contributed by atoms with E-state index in [4.69, 9.17) is 4.74 Å². The Kier molecular flexibility index (Phi) is 5.20. The Morgan fingerprint density at radius 2 is 2.20 bits per heavy atom. The van der Waals surface area contributed by atoms with Crippen molar-refractivity contribution in [1.29, 1.82) is 0 Å². The summed E-state index contributed by atoms with van der Waals surface area (Å²) in [6, 6.07) is 6.55. The Labute approximate surface area is 128 Å². The number of halogens is 1. The van der Waals surface area contributed by atoms with Gasteiger partial charge in [-0.2, -0.15) is 0 Å². The quantitative estimate of drug-likeness (QED) is 0.879. The molecule has 108 valence electrons. The van der Waals surface area contributed by atoms with Gasteiger partial charge in [0.15, 0.2) is 0 Å². The molecular weight excluding hydrogens is 318 g/mol. The molecule has 1 aromatic heterocycles. The maximum absolute atomic E-state index is 5.98. The Bertz CT molecular complexity index is 566. The van der Waals surface area contributed by atoms with Gasteiger partial charge in [0.05, 0.1) is 22.7 Å². The first-order valence-electron chi connectivity index (χ1n) is 6.66. The maximum atomic E-state index is 5.98. The highest BCUT2D eigenvalue weighted by molar-refractivity contribution is 9.10. The molecular formula is C15H20BrN3O. The van der Waals surface area contributed by atoms with Gasteiger partial charge in [0.1, 0.15) is 12.4 Å². The van der Waals surface area contributed by atoms with E-state index in [-0.39, 0.29) is 0 Å². The van der Waals surface area contributed by atoms with Gasteiger partial charge in [-0.05, 0) is 22.0 Å². The summed E-state index contributed by atoms with van der Waals surface area (Å²) < 4.78 is 8.91. The maximum Gasteiger partial charge on any atom is 0.138 e. The second kappa shape index (κ2) is 6.90. The number of ether oxygens (including phenoxy) is 1. The van der Waals surface area contributed by atoms with E-state index in [0.29, 0.717) is 12.6 Å². The lowest BCUT2D eigenvalue weighted by Gasteiger charge is -2.15. The number of benzene rings is 1. The molecule has 0 saturated carbocycles. The largest absolute Gasteiger partial charge is 0.486 e. The second-order valence-corrected chi connectivity index (χ2v) is 5.90. The van der Waals surface area contributed by atoms with Crippen LogP contribution in [0.5, 0.6) is 5.75 Å². The van der Waals surface area contributed by atoms with Crippen molar-refractivity contribution in [1.82, 2.24) is 14.9 Å². The SMILES string of the molecule is CC(C)NCc1cccc(Br)c1OCc1cncn1C. The summed E-state index contributed by atoms with van der Waals surface area (Å²) in [5.74, 6) is 0.891. The van der Waals surface area contributed by atoms with Gasteiger partial charge in [0.2, 0.25) is 0 Å². The van der Waals surface area contributed by atoms with E-state index in [0.717, 1.165) is 28.0 Å². The third-order valence-electron chi connectivity index (χ3n) is 3.03. The van der Waals surface area contributed by atoms with Gasteiger partial charge < -0.3 is 14.6 Å². The lowest BCUT2D eigenvalue weighted by Crippen LogP contribution is -2.22. The van der Waals surface area contributed by atoms with Crippen molar-refractivity contribution < 1.29 is 4.74 Å². The van der Waals surface area contributed by atoms with Crippen molar-refractivity contribution in [2.75, 3.05) is 0 Å². The molecule has 0 saturated heterocycles. The number of hydrogen-bond donors (Lipinski definition) is 1. The number of para-hydroxylation sites is 1. The number of nitrogens with one attached hydrogen (secondary N) is 1. The molecule has 1 N–H and O–H groups in total. The number of imidazole rings is 1. The molecule has 20 heavy (non-hydrogen) atoms. The molecule has 0 amide bonds. The topological polar surface area (TPSA) is 39.1 Å². The van der Waals surface area contributed by atoms with Crippen LogP contribution >= 0.6 is 15.9 Å². The summed E-state index contributed by atoms with van der Waals surface area (Å²) in [5.41, 5.74) is 2.19. The molecule has 2 rings (SSSR count). The fraction of sp³-hybridized carbons (Fsp3) is 0.400. The minimum atomic E-state index is 0.443. The van der Waals surface area contributed by atoms with Crippen LogP contribution in [0.4, 0.5) is 0 Å². The van der Waals surface area contributed by atoms with E-state index in [1.54, 1.807) is 6.33 Å². The highest BCUT2D eigenvalue weighted by Crippen LogP contribution is 2.29. The Balaban J connectivity index is 2.11. The van der Waals surface area contributed by atoms with E-state index in [2.05, 4.69) is 46.1 Å². The Hall–Kier alpha value is -1.33. The minimum Gasteiger partial charge on any atom is -0.486 e.